The van der Waals surface area contributed by atoms with E-state index in [1.54, 1.807) is 20.4 Å². The third-order valence-corrected chi connectivity index (χ3v) is 3.65. The summed E-state index contributed by atoms with van der Waals surface area (Å²) in [7, 11) is 3.44. The Morgan fingerprint density at radius 3 is 2.91 bits per heavy atom. The minimum absolute atomic E-state index is 0.0435. The number of likely N-dealkylation sites (N-methyl/N-ethyl adjacent to an activating group) is 1. The molecule has 1 aliphatic heterocycles. The fourth-order valence-electron chi connectivity index (χ4n) is 2.23. The Morgan fingerprint density at radius 1 is 1.39 bits per heavy atom. The molecule has 2 rings (SSSR count). The number of guanidine groups is 1. The number of aliphatic imine (C=N–C) groups is 1. The second-order valence-corrected chi connectivity index (χ2v) is 5.76. The van der Waals surface area contributed by atoms with E-state index in [1.165, 1.54) is 11.3 Å². The maximum absolute atomic E-state index is 11.7. The van der Waals surface area contributed by atoms with Crippen LogP contribution in [0.1, 0.15) is 25.0 Å². The lowest BCUT2D eigenvalue weighted by atomic mass is 10.1. The Balaban J connectivity index is 1.86. The van der Waals surface area contributed by atoms with Crippen LogP contribution >= 0.6 is 0 Å². The van der Waals surface area contributed by atoms with Gasteiger partial charge >= 0.3 is 0 Å². The largest absolute Gasteiger partial charge is 0.467 e. The molecule has 1 saturated heterocycles. The molecule has 1 aliphatic rings. The van der Waals surface area contributed by atoms with Crippen LogP contribution in [0.5, 0.6) is 0 Å². The first-order valence-electron chi connectivity index (χ1n) is 8.01. The first-order chi connectivity index (χ1) is 11.1. The topological polar surface area (TPSA) is 79.1 Å². The minimum atomic E-state index is -0.0435. The Bertz CT molecular complexity index is 493. The van der Waals surface area contributed by atoms with Crippen LogP contribution in [0, 0.1) is 0 Å². The summed E-state index contributed by atoms with van der Waals surface area (Å²) in [6.07, 6.45) is 5.20. The number of amides is 1. The van der Waals surface area contributed by atoms with Crippen molar-refractivity contribution in [2.45, 2.75) is 31.9 Å². The quantitative estimate of drug-likeness (QED) is 0.603. The number of hydrogen-bond donors (Lipinski definition) is 2. The van der Waals surface area contributed by atoms with Crippen molar-refractivity contribution in [3.05, 3.63) is 24.2 Å². The highest BCUT2D eigenvalue weighted by atomic mass is 16.5. The van der Waals surface area contributed by atoms with Crippen molar-refractivity contribution in [1.82, 2.24) is 15.5 Å². The average Bonchev–Trinajstić information content (AvgIpc) is 3.08. The lowest BCUT2D eigenvalue weighted by molar-refractivity contribution is -0.127. The van der Waals surface area contributed by atoms with Gasteiger partial charge in [0.05, 0.1) is 18.9 Å². The molecule has 1 aromatic rings. The van der Waals surface area contributed by atoms with E-state index in [4.69, 9.17) is 9.15 Å². The lowest BCUT2D eigenvalue weighted by Gasteiger charge is -2.23. The van der Waals surface area contributed by atoms with E-state index in [0.717, 1.165) is 25.2 Å². The molecule has 1 amide bonds. The Morgan fingerprint density at radius 2 is 2.26 bits per heavy atom. The molecule has 128 valence electrons. The number of nitrogens with zero attached hydrogens (tertiary/aromatic N) is 2. The molecule has 1 fully saturated rings. The van der Waals surface area contributed by atoms with Crippen LogP contribution in [0.4, 0.5) is 0 Å². The van der Waals surface area contributed by atoms with Gasteiger partial charge in [-0.2, -0.15) is 0 Å². The zero-order chi connectivity index (χ0) is 16.5. The number of ether oxygens (including phenoxy) is 1. The van der Waals surface area contributed by atoms with Crippen LogP contribution in [0.25, 0.3) is 0 Å². The van der Waals surface area contributed by atoms with Gasteiger partial charge in [-0.25, -0.2) is 4.99 Å². The highest BCUT2D eigenvalue weighted by Crippen LogP contribution is 2.11. The minimum Gasteiger partial charge on any atom is -0.467 e. The summed E-state index contributed by atoms with van der Waals surface area (Å²) in [6.45, 7) is 2.12. The molecule has 1 aromatic heterocycles. The van der Waals surface area contributed by atoms with Crippen LogP contribution in [0.3, 0.4) is 0 Å². The first kappa shape index (κ1) is 17.3. The number of hydrogen-bond acceptors (Lipinski definition) is 4. The fourth-order valence-corrected chi connectivity index (χ4v) is 2.23. The molecule has 0 aliphatic carbocycles. The van der Waals surface area contributed by atoms with Gasteiger partial charge in [-0.15, -0.1) is 0 Å². The molecular formula is C16H26N4O3. The van der Waals surface area contributed by atoms with Crippen molar-refractivity contribution in [3.63, 3.8) is 0 Å². The second kappa shape index (κ2) is 9.19. The molecule has 0 radical (unpaired) electrons. The van der Waals surface area contributed by atoms with Crippen molar-refractivity contribution < 1.29 is 13.9 Å². The summed E-state index contributed by atoms with van der Waals surface area (Å²) in [5.41, 5.74) is 0. The summed E-state index contributed by atoms with van der Waals surface area (Å²) in [4.78, 5) is 17.6. The van der Waals surface area contributed by atoms with Crippen LogP contribution in [-0.4, -0.2) is 56.7 Å². The Labute approximate surface area is 137 Å². The molecule has 0 spiro atoms. The van der Waals surface area contributed by atoms with E-state index < -0.39 is 0 Å². The summed E-state index contributed by atoms with van der Waals surface area (Å²) < 4.78 is 11.0. The molecule has 23 heavy (non-hydrogen) atoms. The molecule has 1 atom stereocenters. The SMILES string of the molecule is CN(C)C(=O)CN=C(NCc1ccco1)NCC1CCCCO1. The van der Waals surface area contributed by atoms with Gasteiger partial charge in [0.25, 0.3) is 0 Å². The van der Waals surface area contributed by atoms with E-state index in [1.807, 2.05) is 12.1 Å². The number of carbonyl (C=O) groups excluding carboxylic acids is 1. The Kier molecular flexibility index (Phi) is 6.93. The van der Waals surface area contributed by atoms with E-state index in [2.05, 4.69) is 15.6 Å². The van der Waals surface area contributed by atoms with Gasteiger partial charge in [-0.1, -0.05) is 0 Å². The van der Waals surface area contributed by atoms with Crippen molar-refractivity contribution in [3.8, 4) is 0 Å². The predicted molar refractivity (Wildman–Crippen MR) is 88.1 cm³/mol. The van der Waals surface area contributed by atoms with Crippen molar-refractivity contribution >= 4 is 11.9 Å². The van der Waals surface area contributed by atoms with Crippen LogP contribution in [-0.2, 0) is 16.1 Å². The van der Waals surface area contributed by atoms with Gasteiger partial charge in [0.2, 0.25) is 5.91 Å². The number of nitrogens with one attached hydrogen (secondary N) is 2. The molecule has 0 saturated carbocycles. The highest BCUT2D eigenvalue weighted by Gasteiger charge is 2.14. The fraction of sp³-hybridized carbons (Fsp3) is 0.625. The first-order valence-corrected chi connectivity index (χ1v) is 8.01. The van der Waals surface area contributed by atoms with Crippen LogP contribution < -0.4 is 10.6 Å². The predicted octanol–water partition coefficient (Wildman–Crippen LogP) is 0.972. The molecule has 7 heteroatoms. The van der Waals surface area contributed by atoms with Crippen molar-refractivity contribution in [2.24, 2.45) is 4.99 Å². The van der Waals surface area contributed by atoms with E-state index in [0.29, 0.717) is 19.0 Å². The Hall–Kier alpha value is -2.02. The van der Waals surface area contributed by atoms with Gasteiger partial charge in [-0.05, 0) is 31.4 Å². The number of furan rings is 1. The van der Waals surface area contributed by atoms with Crippen molar-refractivity contribution in [1.29, 1.82) is 0 Å². The molecule has 2 N–H and O–H groups in total. The third-order valence-electron chi connectivity index (χ3n) is 3.65. The maximum atomic E-state index is 11.7. The van der Waals surface area contributed by atoms with E-state index >= 15 is 0 Å². The number of carbonyl (C=O) groups is 1. The molecule has 7 nitrogen and oxygen atoms in total. The zero-order valence-corrected chi connectivity index (χ0v) is 13.9. The third kappa shape index (κ3) is 6.32. The smallest absolute Gasteiger partial charge is 0.243 e. The van der Waals surface area contributed by atoms with Gasteiger partial charge in [0.15, 0.2) is 5.96 Å². The highest BCUT2D eigenvalue weighted by molar-refractivity contribution is 5.84. The molecule has 1 unspecified atom stereocenters. The van der Waals surface area contributed by atoms with Gasteiger partial charge in [0.1, 0.15) is 12.3 Å². The van der Waals surface area contributed by atoms with Gasteiger partial charge in [0, 0.05) is 27.2 Å². The molecule has 2 heterocycles. The monoisotopic (exact) mass is 322 g/mol. The lowest BCUT2D eigenvalue weighted by Crippen LogP contribution is -2.43. The summed E-state index contributed by atoms with van der Waals surface area (Å²) in [5, 5.41) is 6.42. The molecule has 0 bridgehead atoms. The summed E-state index contributed by atoms with van der Waals surface area (Å²) >= 11 is 0. The maximum Gasteiger partial charge on any atom is 0.243 e. The van der Waals surface area contributed by atoms with Gasteiger partial charge < -0.3 is 24.7 Å². The van der Waals surface area contributed by atoms with Crippen LogP contribution in [0.15, 0.2) is 27.8 Å². The van der Waals surface area contributed by atoms with Crippen LogP contribution in [0.2, 0.25) is 0 Å². The zero-order valence-electron chi connectivity index (χ0n) is 13.9. The van der Waals surface area contributed by atoms with Crippen molar-refractivity contribution in [2.75, 3.05) is 33.8 Å². The average molecular weight is 322 g/mol. The normalized spacial score (nSPS) is 18.5. The standard InChI is InChI=1S/C16H26N4O3/c1-20(2)15(21)12-19-16(18-11-14-7-5-9-23-14)17-10-13-6-3-4-8-22-13/h5,7,9,13H,3-4,6,8,10-12H2,1-2H3,(H2,17,18,19). The molecular weight excluding hydrogens is 296 g/mol. The second-order valence-electron chi connectivity index (χ2n) is 5.76. The summed E-state index contributed by atoms with van der Waals surface area (Å²) in [5.74, 6) is 1.36. The molecule has 0 aromatic carbocycles. The van der Waals surface area contributed by atoms with E-state index in [9.17, 15) is 4.79 Å². The van der Waals surface area contributed by atoms with Gasteiger partial charge in [-0.3, -0.25) is 4.79 Å². The summed E-state index contributed by atoms with van der Waals surface area (Å²) in [6, 6.07) is 3.73. The number of rotatable bonds is 6. The van der Waals surface area contributed by atoms with E-state index in [-0.39, 0.29) is 18.6 Å².